The first kappa shape index (κ1) is 9.99. The lowest BCUT2D eigenvalue weighted by Crippen LogP contribution is -1.93. The van der Waals surface area contributed by atoms with Crippen LogP contribution in [0.2, 0.25) is 0 Å². The molecule has 0 fully saturated rings. The van der Waals surface area contributed by atoms with E-state index >= 15 is 0 Å². The molecule has 1 N–H and O–H groups in total. The molecule has 15 heavy (non-hydrogen) atoms. The van der Waals surface area contributed by atoms with Crippen LogP contribution in [0.15, 0.2) is 36.4 Å². The number of hydrogen-bond donors (Lipinski definition) is 1. The molecule has 2 aromatic carbocycles. The molecule has 2 heteroatoms. The van der Waals surface area contributed by atoms with Gasteiger partial charge in [-0.15, -0.1) is 0 Å². The van der Waals surface area contributed by atoms with Gasteiger partial charge in [-0.25, -0.2) is 0 Å². The summed E-state index contributed by atoms with van der Waals surface area (Å²) >= 11 is 0. The van der Waals surface area contributed by atoms with Crippen molar-refractivity contribution in [2.45, 2.75) is 13.0 Å². The standard InChI is InChI=1S/C13H14O2/c1-9(14)11-7-10-5-3-4-6-12(10)13(8-11)15-2/h3-9,14H,1-2H3. The summed E-state index contributed by atoms with van der Waals surface area (Å²) < 4.78 is 5.31. The second kappa shape index (κ2) is 3.91. The van der Waals surface area contributed by atoms with Crippen molar-refractivity contribution in [2.24, 2.45) is 0 Å². The van der Waals surface area contributed by atoms with E-state index in [0.29, 0.717) is 0 Å². The van der Waals surface area contributed by atoms with Crippen molar-refractivity contribution < 1.29 is 9.84 Å². The summed E-state index contributed by atoms with van der Waals surface area (Å²) in [5.41, 5.74) is 0.880. The minimum Gasteiger partial charge on any atom is -0.496 e. The maximum absolute atomic E-state index is 9.55. The SMILES string of the molecule is COc1cc(C(C)O)cc2ccccc12. The molecule has 2 aromatic rings. The molecule has 0 aliphatic carbocycles. The Morgan fingerprint density at radius 3 is 2.60 bits per heavy atom. The summed E-state index contributed by atoms with van der Waals surface area (Å²) in [6, 6.07) is 11.9. The third-order valence-corrected chi connectivity index (χ3v) is 2.55. The minimum absolute atomic E-state index is 0.469. The van der Waals surface area contributed by atoms with E-state index < -0.39 is 6.10 Å². The first-order chi connectivity index (χ1) is 7.22. The van der Waals surface area contributed by atoms with E-state index in [2.05, 4.69) is 0 Å². The third-order valence-electron chi connectivity index (χ3n) is 2.55. The molecule has 1 atom stereocenters. The highest BCUT2D eigenvalue weighted by atomic mass is 16.5. The first-order valence-electron chi connectivity index (χ1n) is 4.97. The van der Waals surface area contributed by atoms with Gasteiger partial charge in [0.2, 0.25) is 0 Å². The Morgan fingerprint density at radius 2 is 1.93 bits per heavy atom. The maximum Gasteiger partial charge on any atom is 0.127 e. The van der Waals surface area contributed by atoms with Gasteiger partial charge in [-0.05, 0) is 30.0 Å². The van der Waals surface area contributed by atoms with Crippen LogP contribution in [0.25, 0.3) is 10.8 Å². The number of hydrogen-bond acceptors (Lipinski definition) is 2. The molecule has 1 unspecified atom stereocenters. The Balaban J connectivity index is 2.71. The van der Waals surface area contributed by atoms with E-state index in [-0.39, 0.29) is 0 Å². The molecule has 0 saturated carbocycles. The lowest BCUT2D eigenvalue weighted by atomic mass is 10.0. The molecule has 0 heterocycles. The van der Waals surface area contributed by atoms with Crippen molar-refractivity contribution in [1.29, 1.82) is 0 Å². The summed E-state index contributed by atoms with van der Waals surface area (Å²) in [5.74, 6) is 0.809. The molecule has 0 aliphatic heterocycles. The highest BCUT2D eigenvalue weighted by Crippen LogP contribution is 2.29. The molecule has 0 aromatic heterocycles. The Kier molecular flexibility index (Phi) is 2.60. The quantitative estimate of drug-likeness (QED) is 0.811. The number of aliphatic hydroxyl groups excluding tert-OH is 1. The van der Waals surface area contributed by atoms with Crippen molar-refractivity contribution in [3.63, 3.8) is 0 Å². The minimum atomic E-state index is -0.469. The van der Waals surface area contributed by atoms with Gasteiger partial charge in [0.1, 0.15) is 5.75 Å². The van der Waals surface area contributed by atoms with Crippen LogP contribution < -0.4 is 4.74 Å². The molecule has 0 amide bonds. The van der Waals surface area contributed by atoms with Crippen LogP contribution in [0.1, 0.15) is 18.6 Å². The van der Waals surface area contributed by atoms with Crippen LogP contribution in [-0.4, -0.2) is 12.2 Å². The average molecular weight is 202 g/mol. The molecule has 0 radical (unpaired) electrons. The lowest BCUT2D eigenvalue weighted by molar-refractivity contribution is 0.199. The summed E-state index contributed by atoms with van der Waals surface area (Å²) in [6.07, 6.45) is -0.469. The molecule has 78 valence electrons. The van der Waals surface area contributed by atoms with Crippen LogP contribution in [0.5, 0.6) is 5.75 Å². The number of fused-ring (bicyclic) bond motifs is 1. The molecule has 0 bridgehead atoms. The van der Waals surface area contributed by atoms with E-state index in [1.54, 1.807) is 14.0 Å². The largest absolute Gasteiger partial charge is 0.496 e. The van der Waals surface area contributed by atoms with Crippen molar-refractivity contribution in [2.75, 3.05) is 7.11 Å². The molecular formula is C13H14O2. The molecule has 0 aliphatic rings. The average Bonchev–Trinajstić information content (AvgIpc) is 2.27. The molecule has 0 saturated heterocycles. The summed E-state index contributed by atoms with van der Waals surface area (Å²) in [6.45, 7) is 1.75. The number of benzene rings is 2. The second-order valence-corrected chi connectivity index (χ2v) is 3.62. The zero-order valence-corrected chi connectivity index (χ0v) is 8.90. The fourth-order valence-corrected chi connectivity index (χ4v) is 1.71. The van der Waals surface area contributed by atoms with Crippen LogP contribution in [0.3, 0.4) is 0 Å². The fourth-order valence-electron chi connectivity index (χ4n) is 1.71. The maximum atomic E-state index is 9.55. The van der Waals surface area contributed by atoms with Crippen molar-refractivity contribution in [1.82, 2.24) is 0 Å². The van der Waals surface area contributed by atoms with Gasteiger partial charge in [0.15, 0.2) is 0 Å². The summed E-state index contributed by atoms with van der Waals surface area (Å²) in [5, 5.41) is 11.7. The van der Waals surface area contributed by atoms with Crippen molar-refractivity contribution >= 4 is 10.8 Å². The van der Waals surface area contributed by atoms with Crippen LogP contribution in [0, 0.1) is 0 Å². The Hall–Kier alpha value is -1.54. The molecular weight excluding hydrogens is 188 g/mol. The smallest absolute Gasteiger partial charge is 0.127 e. The van der Waals surface area contributed by atoms with Crippen molar-refractivity contribution in [3.05, 3.63) is 42.0 Å². The summed E-state index contributed by atoms with van der Waals surface area (Å²) in [7, 11) is 1.65. The zero-order chi connectivity index (χ0) is 10.8. The van der Waals surface area contributed by atoms with E-state index in [9.17, 15) is 5.11 Å². The zero-order valence-electron chi connectivity index (χ0n) is 8.90. The normalized spacial score (nSPS) is 12.7. The van der Waals surface area contributed by atoms with E-state index in [0.717, 1.165) is 22.1 Å². The van der Waals surface area contributed by atoms with Gasteiger partial charge in [-0.3, -0.25) is 0 Å². The highest BCUT2D eigenvalue weighted by molar-refractivity contribution is 5.89. The molecule has 0 spiro atoms. The third kappa shape index (κ3) is 1.81. The van der Waals surface area contributed by atoms with Gasteiger partial charge in [0.05, 0.1) is 13.2 Å². The van der Waals surface area contributed by atoms with E-state index in [1.807, 2.05) is 36.4 Å². The van der Waals surface area contributed by atoms with Crippen molar-refractivity contribution in [3.8, 4) is 5.75 Å². The predicted octanol–water partition coefficient (Wildman–Crippen LogP) is 2.90. The molecule has 2 nitrogen and oxygen atoms in total. The molecule has 2 rings (SSSR count). The Morgan fingerprint density at radius 1 is 1.20 bits per heavy atom. The highest BCUT2D eigenvalue weighted by Gasteiger charge is 2.07. The van der Waals surface area contributed by atoms with E-state index in [4.69, 9.17) is 4.74 Å². The van der Waals surface area contributed by atoms with Gasteiger partial charge in [-0.1, -0.05) is 24.3 Å². The number of aliphatic hydroxyl groups is 1. The van der Waals surface area contributed by atoms with Gasteiger partial charge in [0, 0.05) is 5.39 Å². The first-order valence-corrected chi connectivity index (χ1v) is 4.97. The van der Waals surface area contributed by atoms with Crippen LogP contribution in [-0.2, 0) is 0 Å². The Labute approximate surface area is 89.1 Å². The van der Waals surface area contributed by atoms with E-state index in [1.165, 1.54) is 0 Å². The van der Waals surface area contributed by atoms with Crippen LogP contribution in [0.4, 0.5) is 0 Å². The van der Waals surface area contributed by atoms with Gasteiger partial charge in [-0.2, -0.15) is 0 Å². The number of methoxy groups -OCH3 is 1. The van der Waals surface area contributed by atoms with Crippen LogP contribution >= 0.6 is 0 Å². The number of rotatable bonds is 2. The van der Waals surface area contributed by atoms with Gasteiger partial charge in [0.25, 0.3) is 0 Å². The van der Waals surface area contributed by atoms with Gasteiger partial charge < -0.3 is 9.84 Å². The lowest BCUT2D eigenvalue weighted by Gasteiger charge is -2.10. The fraction of sp³-hybridized carbons (Fsp3) is 0.231. The number of ether oxygens (including phenoxy) is 1. The summed E-state index contributed by atoms with van der Waals surface area (Å²) in [4.78, 5) is 0. The topological polar surface area (TPSA) is 29.5 Å². The second-order valence-electron chi connectivity index (χ2n) is 3.62. The predicted molar refractivity (Wildman–Crippen MR) is 61.1 cm³/mol. The van der Waals surface area contributed by atoms with Gasteiger partial charge >= 0.3 is 0 Å². The Bertz CT molecular complexity index is 475. The monoisotopic (exact) mass is 202 g/mol.